The summed E-state index contributed by atoms with van der Waals surface area (Å²) in [6, 6.07) is 16.3. The summed E-state index contributed by atoms with van der Waals surface area (Å²) in [6.45, 7) is 2.33. The lowest BCUT2D eigenvalue weighted by molar-refractivity contribution is 0.0950. The summed E-state index contributed by atoms with van der Waals surface area (Å²) in [6.07, 6.45) is 1.17. The molecule has 29 heavy (non-hydrogen) atoms. The first kappa shape index (κ1) is 20.6. The van der Waals surface area contributed by atoms with Gasteiger partial charge in [0.1, 0.15) is 0 Å². The molecule has 6 nitrogen and oxygen atoms in total. The van der Waals surface area contributed by atoms with E-state index in [-0.39, 0.29) is 29.5 Å². The van der Waals surface area contributed by atoms with Gasteiger partial charge in [0, 0.05) is 19.3 Å². The van der Waals surface area contributed by atoms with Gasteiger partial charge in [0.2, 0.25) is 16.0 Å². The van der Waals surface area contributed by atoms with Gasteiger partial charge >= 0.3 is 0 Å². The zero-order valence-electron chi connectivity index (χ0n) is 15.7. The van der Waals surface area contributed by atoms with Crippen LogP contribution < -0.4 is 10.0 Å². The molecule has 1 heterocycles. The largest absolute Gasteiger partial charge is 0.348 e. The zero-order valence-corrected chi connectivity index (χ0v) is 16.5. The average molecular weight is 413 g/mol. The smallest absolute Gasteiger partial charge is 0.253 e. The Labute approximate surface area is 168 Å². The van der Waals surface area contributed by atoms with Crippen molar-refractivity contribution in [1.82, 2.24) is 15.0 Å². The third-order valence-electron chi connectivity index (χ3n) is 4.26. The number of carbonyl (C=O) groups excluding carboxylic acids is 1. The Bertz CT molecular complexity index is 1080. The molecule has 2 aromatic carbocycles. The summed E-state index contributed by atoms with van der Waals surface area (Å²) in [5, 5.41) is 2.72. The fourth-order valence-corrected chi connectivity index (χ4v) is 3.57. The number of rotatable bonds is 7. The van der Waals surface area contributed by atoms with Crippen molar-refractivity contribution in [2.24, 2.45) is 0 Å². The first-order chi connectivity index (χ1) is 13.8. The van der Waals surface area contributed by atoms with Gasteiger partial charge in [-0.2, -0.15) is 4.39 Å². The lowest BCUT2D eigenvalue weighted by Crippen LogP contribution is -2.24. The number of amides is 1. The molecular weight excluding hydrogens is 393 g/mol. The van der Waals surface area contributed by atoms with Gasteiger partial charge in [-0.15, -0.1) is 0 Å². The molecule has 3 aromatic rings. The van der Waals surface area contributed by atoms with Gasteiger partial charge in [-0.3, -0.25) is 4.79 Å². The van der Waals surface area contributed by atoms with E-state index in [1.165, 1.54) is 12.3 Å². The monoisotopic (exact) mass is 413 g/mol. The molecule has 1 amide bonds. The molecule has 0 unspecified atom stereocenters. The van der Waals surface area contributed by atoms with Crippen LogP contribution in [0.3, 0.4) is 0 Å². The quantitative estimate of drug-likeness (QED) is 0.583. The Morgan fingerprint density at radius 2 is 1.55 bits per heavy atom. The van der Waals surface area contributed by atoms with Crippen LogP contribution in [0.15, 0.2) is 71.8 Å². The minimum absolute atomic E-state index is 0.157. The minimum Gasteiger partial charge on any atom is -0.348 e. The molecule has 0 atom stereocenters. The van der Waals surface area contributed by atoms with Crippen LogP contribution in [0.1, 0.15) is 27.0 Å². The molecule has 0 saturated heterocycles. The van der Waals surface area contributed by atoms with Gasteiger partial charge in [-0.05, 0) is 42.3 Å². The van der Waals surface area contributed by atoms with Gasteiger partial charge < -0.3 is 5.32 Å². The minimum atomic E-state index is -3.58. The number of pyridine rings is 1. The summed E-state index contributed by atoms with van der Waals surface area (Å²) >= 11 is 0. The molecule has 0 saturated carbocycles. The highest BCUT2D eigenvalue weighted by Gasteiger charge is 2.13. The lowest BCUT2D eigenvalue weighted by Gasteiger charge is -2.09. The van der Waals surface area contributed by atoms with E-state index in [0.29, 0.717) is 0 Å². The SMILES string of the molecule is Cc1ccc(S(=O)(=O)NCc2ccc(CNC(=O)c3ccc(F)nc3)cc2)cc1. The molecule has 8 heteroatoms. The Kier molecular flexibility index (Phi) is 6.36. The summed E-state index contributed by atoms with van der Waals surface area (Å²) in [7, 11) is -3.58. The number of aromatic nitrogens is 1. The summed E-state index contributed by atoms with van der Waals surface area (Å²) < 4.78 is 40.0. The van der Waals surface area contributed by atoms with Crippen molar-refractivity contribution in [1.29, 1.82) is 0 Å². The molecule has 0 bridgehead atoms. The van der Waals surface area contributed by atoms with Gasteiger partial charge in [-0.25, -0.2) is 18.1 Å². The maximum Gasteiger partial charge on any atom is 0.253 e. The first-order valence-electron chi connectivity index (χ1n) is 8.87. The van der Waals surface area contributed by atoms with Crippen LogP contribution in [0.2, 0.25) is 0 Å². The molecule has 0 aliphatic carbocycles. The molecule has 0 spiro atoms. The number of halogens is 1. The van der Waals surface area contributed by atoms with E-state index >= 15 is 0 Å². The normalized spacial score (nSPS) is 11.2. The van der Waals surface area contributed by atoms with Crippen LogP contribution in [0, 0.1) is 12.9 Å². The highest BCUT2D eigenvalue weighted by molar-refractivity contribution is 7.89. The molecule has 2 N–H and O–H groups in total. The highest BCUT2D eigenvalue weighted by atomic mass is 32.2. The fourth-order valence-electron chi connectivity index (χ4n) is 2.55. The first-order valence-corrected chi connectivity index (χ1v) is 10.4. The number of sulfonamides is 1. The third kappa shape index (κ3) is 5.69. The van der Waals surface area contributed by atoms with Gasteiger partial charge in [0.05, 0.1) is 10.5 Å². The number of hydrogen-bond donors (Lipinski definition) is 2. The van der Waals surface area contributed by atoms with Crippen molar-refractivity contribution >= 4 is 15.9 Å². The molecule has 0 fully saturated rings. The summed E-state index contributed by atoms with van der Waals surface area (Å²) in [5.41, 5.74) is 2.90. The Hall–Kier alpha value is -3.10. The van der Waals surface area contributed by atoms with E-state index in [0.717, 1.165) is 22.8 Å². The molecule has 150 valence electrons. The number of benzene rings is 2. The number of carbonyl (C=O) groups is 1. The van der Waals surface area contributed by atoms with Crippen molar-refractivity contribution < 1.29 is 17.6 Å². The molecule has 0 aliphatic heterocycles. The summed E-state index contributed by atoms with van der Waals surface area (Å²) in [5.74, 6) is -0.998. The van der Waals surface area contributed by atoms with Crippen molar-refractivity contribution in [2.45, 2.75) is 24.9 Å². The van der Waals surface area contributed by atoms with Crippen molar-refractivity contribution in [3.8, 4) is 0 Å². The van der Waals surface area contributed by atoms with E-state index < -0.39 is 16.0 Å². The van der Waals surface area contributed by atoms with Crippen molar-refractivity contribution in [3.05, 3.63) is 95.1 Å². The number of nitrogens with zero attached hydrogens (tertiary/aromatic N) is 1. The van der Waals surface area contributed by atoms with E-state index in [4.69, 9.17) is 0 Å². The Balaban J connectivity index is 1.54. The fraction of sp³-hybridized carbons (Fsp3) is 0.143. The average Bonchev–Trinajstić information content (AvgIpc) is 2.72. The second-order valence-corrected chi connectivity index (χ2v) is 8.27. The number of nitrogens with one attached hydrogen (secondary N) is 2. The maximum atomic E-state index is 12.8. The second-order valence-electron chi connectivity index (χ2n) is 6.51. The number of aryl methyl sites for hydroxylation is 1. The van der Waals surface area contributed by atoms with E-state index in [2.05, 4.69) is 15.0 Å². The van der Waals surface area contributed by atoms with E-state index in [9.17, 15) is 17.6 Å². The Morgan fingerprint density at radius 3 is 2.14 bits per heavy atom. The molecular formula is C21H20FN3O3S. The maximum absolute atomic E-state index is 12.8. The molecule has 0 aliphatic rings. The molecule has 0 radical (unpaired) electrons. The van der Waals surface area contributed by atoms with E-state index in [1.807, 2.05) is 6.92 Å². The zero-order chi connectivity index (χ0) is 20.9. The van der Waals surface area contributed by atoms with Crippen molar-refractivity contribution in [2.75, 3.05) is 0 Å². The topological polar surface area (TPSA) is 88.2 Å². The Morgan fingerprint density at radius 1 is 0.931 bits per heavy atom. The molecule has 3 rings (SSSR count). The van der Waals surface area contributed by atoms with Crippen LogP contribution >= 0.6 is 0 Å². The van der Waals surface area contributed by atoms with Crippen LogP contribution in [0.4, 0.5) is 4.39 Å². The van der Waals surface area contributed by atoms with Crippen LogP contribution in [-0.2, 0) is 23.1 Å². The standard InChI is InChI=1S/C21H20FN3O3S/c1-15-2-9-19(10-3-15)29(27,28)25-13-17-6-4-16(5-7-17)12-24-21(26)18-8-11-20(22)23-14-18/h2-11,14,25H,12-13H2,1H3,(H,24,26). The molecule has 1 aromatic heterocycles. The van der Waals surface area contributed by atoms with Gasteiger partial charge in [0.15, 0.2) is 0 Å². The number of hydrogen-bond acceptors (Lipinski definition) is 4. The predicted octanol–water partition coefficient (Wildman–Crippen LogP) is 2.94. The van der Waals surface area contributed by atoms with Crippen LogP contribution in [-0.4, -0.2) is 19.3 Å². The van der Waals surface area contributed by atoms with Crippen LogP contribution in [0.25, 0.3) is 0 Å². The van der Waals surface area contributed by atoms with Gasteiger partial charge in [0.25, 0.3) is 5.91 Å². The third-order valence-corrected chi connectivity index (χ3v) is 5.68. The van der Waals surface area contributed by atoms with Gasteiger partial charge in [-0.1, -0.05) is 42.0 Å². The highest BCUT2D eigenvalue weighted by Crippen LogP contribution is 2.11. The van der Waals surface area contributed by atoms with Crippen molar-refractivity contribution in [3.63, 3.8) is 0 Å². The van der Waals surface area contributed by atoms with Crippen LogP contribution in [0.5, 0.6) is 0 Å². The summed E-state index contributed by atoms with van der Waals surface area (Å²) in [4.78, 5) is 15.7. The lowest BCUT2D eigenvalue weighted by atomic mass is 10.1. The van der Waals surface area contributed by atoms with E-state index in [1.54, 1.807) is 48.5 Å². The predicted molar refractivity (Wildman–Crippen MR) is 107 cm³/mol. The second kappa shape index (κ2) is 8.93.